The van der Waals surface area contributed by atoms with Crippen molar-refractivity contribution >= 4 is 11.9 Å². The van der Waals surface area contributed by atoms with Crippen LogP contribution in [0.2, 0.25) is 0 Å². The van der Waals surface area contributed by atoms with E-state index in [-0.39, 0.29) is 12.5 Å². The van der Waals surface area contributed by atoms with Gasteiger partial charge in [-0.1, -0.05) is 13.3 Å². The molecule has 1 fully saturated rings. The van der Waals surface area contributed by atoms with Crippen molar-refractivity contribution in [2.24, 2.45) is 10.9 Å². The van der Waals surface area contributed by atoms with E-state index < -0.39 is 0 Å². The summed E-state index contributed by atoms with van der Waals surface area (Å²) in [6, 6.07) is 0.459. The molecule has 0 atom stereocenters. The second-order valence-corrected chi connectivity index (χ2v) is 6.70. The Morgan fingerprint density at radius 2 is 1.92 bits per heavy atom. The van der Waals surface area contributed by atoms with Crippen molar-refractivity contribution < 1.29 is 9.53 Å². The number of aliphatic imine (C=N–C) groups is 1. The molecule has 0 bridgehead atoms. The fraction of sp³-hybridized carbons (Fsp3) is 0.889. The monoisotopic (exact) mass is 340 g/mol. The van der Waals surface area contributed by atoms with Gasteiger partial charge in [-0.2, -0.15) is 0 Å². The minimum atomic E-state index is 0.0140. The maximum absolute atomic E-state index is 11.8. The fourth-order valence-corrected chi connectivity index (χ4v) is 2.87. The van der Waals surface area contributed by atoms with Gasteiger partial charge in [0.15, 0.2) is 5.96 Å². The minimum absolute atomic E-state index is 0.0140. The van der Waals surface area contributed by atoms with Crippen LogP contribution in [0.25, 0.3) is 0 Å². The zero-order valence-corrected chi connectivity index (χ0v) is 15.9. The molecule has 0 aromatic rings. The summed E-state index contributed by atoms with van der Waals surface area (Å²) in [5.74, 6) is 1.64. The molecule has 0 heterocycles. The second-order valence-electron chi connectivity index (χ2n) is 6.70. The van der Waals surface area contributed by atoms with Crippen molar-refractivity contribution in [1.29, 1.82) is 0 Å². The van der Waals surface area contributed by atoms with Crippen LogP contribution in [-0.4, -0.2) is 63.2 Å². The molecular formula is C18H36N4O2. The molecule has 6 heteroatoms. The molecule has 6 nitrogen and oxygen atoms in total. The van der Waals surface area contributed by atoms with E-state index in [0.29, 0.717) is 6.04 Å². The molecule has 0 aliphatic heterocycles. The quantitative estimate of drug-likeness (QED) is 0.383. The molecule has 1 amide bonds. The molecule has 1 saturated carbocycles. The Morgan fingerprint density at radius 1 is 1.21 bits per heavy atom. The summed E-state index contributed by atoms with van der Waals surface area (Å²) in [7, 11) is 3.51. The topological polar surface area (TPSA) is 66.0 Å². The summed E-state index contributed by atoms with van der Waals surface area (Å²) in [5.41, 5.74) is 0. The van der Waals surface area contributed by atoms with Gasteiger partial charge in [-0.3, -0.25) is 4.79 Å². The normalized spacial score (nSPS) is 21.4. The van der Waals surface area contributed by atoms with Crippen LogP contribution in [0, 0.1) is 5.92 Å². The molecule has 24 heavy (non-hydrogen) atoms. The molecule has 0 aromatic heterocycles. The SMILES string of the molecule is CCOCCCNC(=NCC(=O)N(C)C)NC1CCC(CC)CC1. The number of hydrogen-bond acceptors (Lipinski definition) is 3. The highest BCUT2D eigenvalue weighted by Crippen LogP contribution is 2.26. The van der Waals surface area contributed by atoms with Gasteiger partial charge >= 0.3 is 0 Å². The van der Waals surface area contributed by atoms with E-state index in [1.54, 1.807) is 19.0 Å². The number of carbonyl (C=O) groups excluding carboxylic acids is 1. The van der Waals surface area contributed by atoms with E-state index in [0.717, 1.165) is 38.1 Å². The number of ether oxygens (including phenoxy) is 1. The largest absolute Gasteiger partial charge is 0.382 e. The van der Waals surface area contributed by atoms with E-state index in [1.807, 2.05) is 6.92 Å². The fourth-order valence-electron chi connectivity index (χ4n) is 2.87. The van der Waals surface area contributed by atoms with Gasteiger partial charge in [0.2, 0.25) is 5.91 Å². The average Bonchev–Trinajstić information content (AvgIpc) is 2.59. The predicted octanol–water partition coefficient (Wildman–Crippen LogP) is 2.01. The smallest absolute Gasteiger partial charge is 0.243 e. The van der Waals surface area contributed by atoms with Crippen LogP contribution >= 0.6 is 0 Å². The summed E-state index contributed by atoms with van der Waals surface area (Å²) >= 11 is 0. The lowest BCUT2D eigenvalue weighted by Crippen LogP contribution is -2.45. The number of rotatable bonds is 9. The highest BCUT2D eigenvalue weighted by Gasteiger charge is 2.20. The summed E-state index contributed by atoms with van der Waals surface area (Å²) in [5, 5.41) is 6.85. The van der Waals surface area contributed by atoms with Crippen LogP contribution in [0.5, 0.6) is 0 Å². The van der Waals surface area contributed by atoms with Crippen LogP contribution in [0.15, 0.2) is 4.99 Å². The number of nitrogens with one attached hydrogen (secondary N) is 2. The van der Waals surface area contributed by atoms with E-state index in [9.17, 15) is 4.79 Å². The van der Waals surface area contributed by atoms with Crippen molar-refractivity contribution in [3.05, 3.63) is 0 Å². The van der Waals surface area contributed by atoms with E-state index >= 15 is 0 Å². The molecule has 0 aromatic carbocycles. The van der Waals surface area contributed by atoms with Gasteiger partial charge in [0.1, 0.15) is 6.54 Å². The van der Waals surface area contributed by atoms with Crippen LogP contribution in [0.4, 0.5) is 0 Å². The van der Waals surface area contributed by atoms with Gasteiger partial charge < -0.3 is 20.3 Å². The molecule has 0 unspecified atom stereocenters. The predicted molar refractivity (Wildman–Crippen MR) is 99.3 cm³/mol. The number of guanidine groups is 1. The zero-order chi connectivity index (χ0) is 17.8. The molecule has 2 N–H and O–H groups in total. The summed E-state index contributed by atoms with van der Waals surface area (Å²) in [4.78, 5) is 17.8. The first-order valence-electron chi connectivity index (χ1n) is 9.39. The van der Waals surface area contributed by atoms with Gasteiger partial charge in [0.25, 0.3) is 0 Å². The standard InChI is InChI=1S/C18H36N4O2/c1-5-15-8-10-16(11-9-15)21-18(19-12-7-13-24-6-2)20-14-17(23)22(3)4/h15-16H,5-14H2,1-4H3,(H2,19,20,21). The van der Waals surface area contributed by atoms with Gasteiger partial charge in [-0.15, -0.1) is 0 Å². The third-order valence-electron chi connectivity index (χ3n) is 4.60. The summed E-state index contributed by atoms with van der Waals surface area (Å²) < 4.78 is 5.36. The maximum atomic E-state index is 11.8. The first kappa shape index (κ1) is 20.7. The molecule has 0 spiro atoms. The van der Waals surface area contributed by atoms with Crippen LogP contribution in [0.1, 0.15) is 52.4 Å². The molecule has 140 valence electrons. The third-order valence-corrected chi connectivity index (χ3v) is 4.60. The summed E-state index contributed by atoms with van der Waals surface area (Å²) in [6.07, 6.45) is 7.13. The molecular weight excluding hydrogens is 304 g/mol. The van der Waals surface area contributed by atoms with Crippen LogP contribution in [-0.2, 0) is 9.53 Å². The lowest BCUT2D eigenvalue weighted by atomic mass is 9.84. The Morgan fingerprint density at radius 3 is 2.50 bits per heavy atom. The first-order chi connectivity index (χ1) is 11.6. The molecule has 0 radical (unpaired) electrons. The van der Waals surface area contributed by atoms with Crippen molar-refractivity contribution in [2.45, 2.75) is 58.4 Å². The first-order valence-corrected chi connectivity index (χ1v) is 9.39. The number of carbonyl (C=O) groups is 1. The van der Waals surface area contributed by atoms with Gasteiger partial charge in [-0.05, 0) is 44.9 Å². The third kappa shape index (κ3) is 8.52. The van der Waals surface area contributed by atoms with Crippen molar-refractivity contribution in [2.75, 3.05) is 40.4 Å². The Balaban J connectivity index is 2.47. The minimum Gasteiger partial charge on any atom is -0.382 e. The Kier molecular flexibility index (Phi) is 10.5. The van der Waals surface area contributed by atoms with Gasteiger partial charge in [-0.25, -0.2) is 4.99 Å². The lowest BCUT2D eigenvalue weighted by molar-refractivity contribution is -0.127. The Labute approximate surface area is 147 Å². The van der Waals surface area contributed by atoms with Gasteiger partial charge in [0, 0.05) is 39.9 Å². The number of nitrogens with zero attached hydrogens (tertiary/aromatic N) is 2. The van der Waals surface area contributed by atoms with Gasteiger partial charge in [0.05, 0.1) is 0 Å². The molecule has 1 aliphatic rings. The zero-order valence-electron chi connectivity index (χ0n) is 15.9. The lowest BCUT2D eigenvalue weighted by Gasteiger charge is -2.29. The molecule has 1 rings (SSSR count). The number of hydrogen-bond donors (Lipinski definition) is 2. The highest BCUT2D eigenvalue weighted by atomic mass is 16.5. The van der Waals surface area contributed by atoms with Crippen LogP contribution in [0.3, 0.4) is 0 Å². The van der Waals surface area contributed by atoms with Crippen molar-refractivity contribution in [3.8, 4) is 0 Å². The van der Waals surface area contributed by atoms with E-state index in [2.05, 4.69) is 22.5 Å². The van der Waals surface area contributed by atoms with E-state index in [1.165, 1.54) is 32.1 Å². The maximum Gasteiger partial charge on any atom is 0.243 e. The number of amides is 1. The Bertz CT molecular complexity index is 377. The van der Waals surface area contributed by atoms with Crippen LogP contribution < -0.4 is 10.6 Å². The number of likely N-dealkylation sites (N-methyl/N-ethyl adjacent to an activating group) is 1. The average molecular weight is 341 g/mol. The van der Waals surface area contributed by atoms with E-state index in [4.69, 9.17) is 4.74 Å². The Hall–Kier alpha value is -1.30. The van der Waals surface area contributed by atoms with Crippen molar-refractivity contribution in [1.82, 2.24) is 15.5 Å². The highest BCUT2D eigenvalue weighted by molar-refractivity contribution is 5.84. The summed E-state index contributed by atoms with van der Waals surface area (Å²) in [6.45, 7) is 6.75. The molecule has 0 saturated heterocycles. The second kappa shape index (κ2) is 12.1. The molecule has 1 aliphatic carbocycles. The van der Waals surface area contributed by atoms with Crippen molar-refractivity contribution in [3.63, 3.8) is 0 Å².